The molecule has 0 unspecified atom stereocenters. The van der Waals surface area contributed by atoms with Crippen LogP contribution in [-0.2, 0) is 26.2 Å². The summed E-state index contributed by atoms with van der Waals surface area (Å²) in [6.45, 7) is 2.38. The van der Waals surface area contributed by atoms with E-state index in [4.69, 9.17) is 17.3 Å². The van der Waals surface area contributed by atoms with Crippen LogP contribution in [0.3, 0.4) is 0 Å². The predicted octanol–water partition coefficient (Wildman–Crippen LogP) is 5.14. The molecule has 0 atom stereocenters. The molecule has 4 heteroatoms. The first-order chi connectivity index (χ1) is 12.7. The molecule has 0 aliphatic rings. The molecule has 0 spiro atoms. The average Bonchev–Trinajstić information content (AvgIpc) is 2.66. The smallest absolute Gasteiger partial charge is 0.129 e. The SMILES string of the molecule is NCc1ccc(CN(Cc2ccccc2)Cc2c(F)cccc2Cl)cc1. The summed E-state index contributed by atoms with van der Waals surface area (Å²) in [5.74, 6) is -0.269. The highest BCUT2D eigenvalue weighted by Crippen LogP contribution is 2.23. The zero-order valence-corrected chi connectivity index (χ0v) is 15.3. The second-order valence-electron chi connectivity index (χ2n) is 6.35. The number of hydrogen-bond acceptors (Lipinski definition) is 2. The fourth-order valence-electron chi connectivity index (χ4n) is 2.96. The molecule has 2 N–H and O–H groups in total. The highest BCUT2D eigenvalue weighted by molar-refractivity contribution is 6.31. The van der Waals surface area contributed by atoms with Crippen LogP contribution in [-0.4, -0.2) is 4.90 Å². The molecule has 134 valence electrons. The highest BCUT2D eigenvalue weighted by atomic mass is 35.5. The number of hydrogen-bond donors (Lipinski definition) is 1. The molecule has 2 nitrogen and oxygen atoms in total. The van der Waals surface area contributed by atoms with Crippen molar-refractivity contribution in [1.29, 1.82) is 0 Å². The van der Waals surface area contributed by atoms with Crippen molar-refractivity contribution in [2.75, 3.05) is 0 Å². The maximum Gasteiger partial charge on any atom is 0.129 e. The van der Waals surface area contributed by atoms with Crippen LogP contribution in [0.25, 0.3) is 0 Å². The number of nitrogens with two attached hydrogens (primary N) is 1. The lowest BCUT2D eigenvalue weighted by Crippen LogP contribution is -2.23. The molecule has 0 aliphatic heterocycles. The largest absolute Gasteiger partial charge is 0.326 e. The van der Waals surface area contributed by atoms with Crippen molar-refractivity contribution in [3.05, 3.63) is 106 Å². The van der Waals surface area contributed by atoms with Gasteiger partial charge in [-0.05, 0) is 28.8 Å². The van der Waals surface area contributed by atoms with Crippen LogP contribution in [0.15, 0.2) is 72.8 Å². The van der Waals surface area contributed by atoms with Crippen molar-refractivity contribution >= 4 is 11.6 Å². The van der Waals surface area contributed by atoms with Gasteiger partial charge in [0.25, 0.3) is 0 Å². The number of benzene rings is 3. The lowest BCUT2D eigenvalue weighted by Gasteiger charge is -2.23. The van der Waals surface area contributed by atoms with Gasteiger partial charge in [-0.15, -0.1) is 0 Å². The van der Waals surface area contributed by atoms with Gasteiger partial charge in [-0.1, -0.05) is 72.3 Å². The highest BCUT2D eigenvalue weighted by Gasteiger charge is 2.14. The molecule has 0 fully saturated rings. The van der Waals surface area contributed by atoms with E-state index >= 15 is 0 Å². The molecule has 0 aromatic heterocycles. The second kappa shape index (κ2) is 8.95. The Balaban J connectivity index is 1.83. The Hall–Kier alpha value is -2.20. The Morgan fingerprint density at radius 2 is 1.35 bits per heavy atom. The fourth-order valence-corrected chi connectivity index (χ4v) is 3.18. The fraction of sp³-hybridized carbons (Fsp3) is 0.182. The Labute approximate surface area is 159 Å². The van der Waals surface area contributed by atoms with Gasteiger partial charge in [-0.25, -0.2) is 4.39 Å². The summed E-state index contributed by atoms with van der Waals surface area (Å²) in [7, 11) is 0. The van der Waals surface area contributed by atoms with E-state index in [0.29, 0.717) is 36.8 Å². The third kappa shape index (κ3) is 4.92. The lowest BCUT2D eigenvalue weighted by atomic mass is 10.1. The van der Waals surface area contributed by atoms with Crippen molar-refractivity contribution in [2.24, 2.45) is 5.73 Å². The normalized spacial score (nSPS) is 11.1. The number of halogens is 2. The molecule has 26 heavy (non-hydrogen) atoms. The van der Waals surface area contributed by atoms with Gasteiger partial charge in [0.05, 0.1) is 0 Å². The van der Waals surface area contributed by atoms with Crippen molar-refractivity contribution in [3.8, 4) is 0 Å². The molecule has 0 amide bonds. The zero-order valence-electron chi connectivity index (χ0n) is 14.5. The van der Waals surface area contributed by atoms with E-state index in [1.165, 1.54) is 11.6 Å². The quantitative estimate of drug-likeness (QED) is 0.625. The molecule has 0 heterocycles. The van der Waals surface area contributed by atoms with E-state index in [2.05, 4.69) is 29.2 Å². The van der Waals surface area contributed by atoms with Crippen molar-refractivity contribution in [2.45, 2.75) is 26.2 Å². The van der Waals surface area contributed by atoms with E-state index in [-0.39, 0.29) is 5.82 Å². The Bertz CT molecular complexity index is 814. The predicted molar refractivity (Wildman–Crippen MR) is 105 cm³/mol. The second-order valence-corrected chi connectivity index (χ2v) is 6.76. The molecule has 3 rings (SSSR count). The third-order valence-corrected chi connectivity index (χ3v) is 4.71. The van der Waals surface area contributed by atoms with Crippen LogP contribution in [0.4, 0.5) is 4.39 Å². The van der Waals surface area contributed by atoms with Gasteiger partial charge in [0.2, 0.25) is 0 Å². The Morgan fingerprint density at radius 3 is 1.96 bits per heavy atom. The molecule has 0 aliphatic carbocycles. The minimum Gasteiger partial charge on any atom is -0.326 e. The summed E-state index contributed by atoms with van der Waals surface area (Å²) in [6, 6.07) is 23.2. The summed E-state index contributed by atoms with van der Waals surface area (Å²) in [5.41, 5.74) is 9.64. The van der Waals surface area contributed by atoms with Crippen LogP contribution in [0.2, 0.25) is 5.02 Å². The lowest BCUT2D eigenvalue weighted by molar-refractivity contribution is 0.244. The summed E-state index contributed by atoms with van der Waals surface area (Å²) in [6.07, 6.45) is 0. The molecular weight excluding hydrogens is 347 g/mol. The van der Waals surface area contributed by atoms with Gasteiger partial charge in [-0.3, -0.25) is 4.90 Å². The average molecular weight is 369 g/mol. The minimum absolute atomic E-state index is 0.269. The van der Waals surface area contributed by atoms with Gasteiger partial charge in [-0.2, -0.15) is 0 Å². The minimum atomic E-state index is -0.269. The standard InChI is InChI=1S/C22H22ClFN2/c23-21-7-4-8-22(24)20(21)16-26(14-18-5-2-1-3-6-18)15-19-11-9-17(13-25)10-12-19/h1-12H,13-16,25H2. The number of rotatable bonds is 7. The van der Waals surface area contributed by atoms with E-state index < -0.39 is 0 Å². The molecular formula is C22H22ClFN2. The maximum atomic E-state index is 14.3. The Morgan fingerprint density at radius 1 is 0.731 bits per heavy atom. The monoisotopic (exact) mass is 368 g/mol. The molecule has 0 bridgehead atoms. The zero-order chi connectivity index (χ0) is 18.4. The van der Waals surface area contributed by atoms with Crippen LogP contribution in [0.1, 0.15) is 22.3 Å². The van der Waals surface area contributed by atoms with Gasteiger partial charge in [0, 0.05) is 36.8 Å². The summed E-state index contributed by atoms with van der Waals surface area (Å²) in [4.78, 5) is 2.19. The molecule has 0 saturated heterocycles. The van der Waals surface area contributed by atoms with Crippen molar-refractivity contribution in [3.63, 3.8) is 0 Å². The maximum absolute atomic E-state index is 14.3. The first-order valence-corrected chi connectivity index (χ1v) is 9.00. The first kappa shape index (κ1) is 18.6. The van der Waals surface area contributed by atoms with Gasteiger partial charge in [0.1, 0.15) is 5.82 Å². The van der Waals surface area contributed by atoms with Crippen molar-refractivity contribution < 1.29 is 4.39 Å². The van der Waals surface area contributed by atoms with Gasteiger partial charge < -0.3 is 5.73 Å². The first-order valence-electron chi connectivity index (χ1n) is 8.63. The third-order valence-electron chi connectivity index (χ3n) is 4.36. The summed E-state index contributed by atoms with van der Waals surface area (Å²) in [5, 5.41) is 0.460. The molecule has 3 aromatic carbocycles. The van der Waals surface area contributed by atoms with Crippen molar-refractivity contribution in [1.82, 2.24) is 4.90 Å². The molecule has 0 radical (unpaired) electrons. The molecule has 0 saturated carbocycles. The topological polar surface area (TPSA) is 29.3 Å². The van der Waals surface area contributed by atoms with Crippen LogP contribution in [0.5, 0.6) is 0 Å². The van der Waals surface area contributed by atoms with Crippen LogP contribution >= 0.6 is 11.6 Å². The Kier molecular flexibility index (Phi) is 6.40. The van der Waals surface area contributed by atoms with Gasteiger partial charge in [0.15, 0.2) is 0 Å². The summed E-state index contributed by atoms with van der Waals surface area (Å²) < 4.78 is 14.3. The molecule has 3 aromatic rings. The number of nitrogens with zero attached hydrogens (tertiary/aromatic N) is 1. The van der Waals surface area contributed by atoms with Crippen LogP contribution in [0, 0.1) is 5.82 Å². The van der Waals surface area contributed by atoms with Crippen LogP contribution < -0.4 is 5.73 Å². The van der Waals surface area contributed by atoms with E-state index in [1.807, 2.05) is 30.3 Å². The van der Waals surface area contributed by atoms with E-state index in [0.717, 1.165) is 11.1 Å². The summed E-state index contributed by atoms with van der Waals surface area (Å²) >= 11 is 6.24. The van der Waals surface area contributed by atoms with E-state index in [9.17, 15) is 4.39 Å². The van der Waals surface area contributed by atoms with Gasteiger partial charge >= 0.3 is 0 Å². The van der Waals surface area contributed by atoms with E-state index in [1.54, 1.807) is 12.1 Å².